The van der Waals surface area contributed by atoms with Gasteiger partial charge in [-0.1, -0.05) is 59.2 Å². The first-order valence-electron chi connectivity index (χ1n) is 21.1. The fraction of sp³-hybridized carbons (Fsp3) is 0.837. The maximum atomic E-state index is 13.0. The van der Waals surface area contributed by atoms with Crippen molar-refractivity contribution in [3.63, 3.8) is 0 Å². The molecule has 3 N–H and O–H groups in total. The number of hydrogen-bond donors (Lipinski definition) is 3. The molecule has 13 nitrogen and oxygen atoms in total. The van der Waals surface area contributed by atoms with E-state index in [4.69, 9.17) is 32.6 Å². The Labute approximate surface area is 339 Å². The Morgan fingerprint density at radius 3 is 2.32 bits per heavy atom. The number of benzene rings is 1. The van der Waals surface area contributed by atoms with Crippen molar-refractivity contribution in [2.24, 2.45) is 35.5 Å². The van der Waals surface area contributed by atoms with Gasteiger partial charge in [-0.05, 0) is 83.3 Å². The van der Waals surface area contributed by atoms with Crippen LogP contribution >= 0.6 is 0 Å². The summed E-state index contributed by atoms with van der Waals surface area (Å²) in [5.41, 5.74) is -0.370. The molecule has 0 bridgehead atoms. The van der Waals surface area contributed by atoms with Crippen molar-refractivity contribution in [1.29, 1.82) is 0 Å². The molecule has 0 aromatic heterocycles. The van der Waals surface area contributed by atoms with Gasteiger partial charge in [-0.25, -0.2) is 0 Å². The lowest BCUT2D eigenvalue weighted by Gasteiger charge is -2.49. The molecule has 5 saturated heterocycles. The summed E-state index contributed by atoms with van der Waals surface area (Å²) in [6.45, 7) is 17.1. The van der Waals surface area contributed by atoms with E-state index in [1.54, 1.807) is 19.1 Å². The number of aliphatic carboxylic acids is 1. The van der Waals surface area contributed by atoms with E-state index in [2.05, 4.69) is 27.7 Å². The average molecular weight is 825 g/mol. The first-order valence-corrected chi connectivity index (χ1v) is 22.5. The first kappa shape index (κ1) is 44.8. The number of aliphatic hydroxyl groups excluding tert-OH is 1. The van der Waals surface area contributed by atoms with E-state index in [0.29, 0.717) is 38.5 Å². The van der Waals surface area contributed by atoms with Crippen LogP contribution in [0, 0.1) is 42.4 Å². The summed E-state index contributed by atoms with van der Waals surface area (Å²) in [5.74, 6) is -5.39. The van der Waals surface area contributed by atoms with E-state index in [-0.39, 0.29) is 52.8 Å². The second-order valence-corrected chi connectivity index (χ2v) is 20.3. The van der Waals surface area contributed by atoms with Crippen LogP contribution in [-0.4, -0.2) is 109 Å². The van der Waals surface area contributed by atoms with Gasteiger partial charge in [0.05, 0.1) is 64.7 Å². The molecule has 1 aromatic carbocycles. The number of rotatable bonds is 13. The van der Waals surface area contributed by atoms with Gasteiger partial charge in [0.15, 0.2) is 11.6 Å². The van der Waals surface area contributed by atoms with E-state index in [9.17, 15) is 28.5 Å². The topological polar surface area (TPSA) is 177 Å². The number of ether oxygens (including phenoxy) is 6. The lowest BCUT2D eigenvalue weighted by atomic mass is 9.78. The highest BCUT2D eigenvalue weighted by molar-refractivity contribution is 7.86. The van der Waals surface area contributed by atoms with Crippen molar-refractivity contribution in [1.82, 2.24) is 0 Å². The average Bonchev–Trinajstić information content (AvgIpc) is 3.87. The maximum absolute atomic E-state index is 13.0. The van der Waals surface area contributed by atoms with Gasteiger partial charge in [0.1, 0.15) is 6.61 Å². The SMILES string of the molecule is CC[C@@]1([C@@H]2O[C@@H]([C@H]3O[C@@](O)(COS(=O)(=O)c4ccc(C)cc4)[C@H](C)C[C@@H]3C)C[C@@H]2C)CC[C@H]([C@]2(C)CC[C@]3(C[C@H](O)[C@@H](C)[C@@H]([C@@H](C)[C@@H](OC)[C@H](C)C(=O)O)O3)O2)O1. The Hall–Kier alpha value is -1.72. The second-order valence-electron chi connectivity index (χ2n) is 18.7. The fourth-order valence-corrected chi connectivity index (χ4v) is 11.8. The number of hydrogen-bond acceptors (Lipinski definition) is 12. The van der Waals surface area contributed by atoms with Crippen molar-refractivity contribution in [2.45, 2.75) is 184 Å². The third-order valence-corrected chi connectivity index (χ3v) is 15.8. The molecule has 14 heteroatoms. The number of methoxy groups -OCH3 is 1. The van der Waals surface area contributed by atoms with E-state index >= 15 is 0 Å². The van der Waals surface area contributed by atoms with Crippen molar-refractivity contribution in [3.8, 4) is 0 Å². The third kappa shape index (κ3) is 8.61. The summed E-state index contributed by atoms with van der Waals surface area (Å²) in [6.07, 6.45) is 1.89. The number of carboxylic acid groups (broad SMARTS) is 1. The zero-order valence-electron chi connectivity index (χ0n) is 35.5. The molecule has 0 amide bonds. The zero-order valence-corrected chi connectivity index (χ0v) is 36.3. The van der Waals surface area contributed by atoms with Crippen molar-refractivity contribution < 1.29 is 61.1 Å². The smallest absolute Gasteiger partial charge is 0.308 e. The molecule has 324 valence electrons. The van der Waals surface area contributed by atoms with Gasteiger partial charge >= 0.3 is 5.97 Å². The third-order valence-electron chi connectivity index (χ3n) is 14.5. The summed E-state index contributed by atoms with van der Waals surface area (Å²) in [6, 6.07) is 6.38. The van der Waals surface area contributed by atoms with Crippen LogP contribution < -0.4 is 0 Å². The van der Waals surface area contributed by atoms with Crippen LogP contribution in [0.5, 0.6) is 0 Å². The minimum Gasteiger partial charge on any atom is -0.481 e. The standard InChI is InChI=1S/C43H68O13S/c1-11-41(17-16-34(53-41)40(9)18-19-42(56-40)22-32(44)28(6)37(54-42)29(7)36(50-10)30(8)39(45)46)38-26(4)21-33(52-38)35-25(3)20-27(5)43(47,55-35)23-51-57(48,49)31-14-12-24(2)13-15-31/h12-15,25-30,32-38,44,47H,11,16-23H2,1-10H3,(H,45,46)/t25-,26-,27+,28+,29-,30-,32-,33+,34+,35-,36+,37-,38+,40-,41-,42+,43-/m0/s1. The number of carbonyl (C=O) groups is 1. The Morgan fingerprint density at radius 2 is 1.68 bits per heavy atom. The van der Waals surface area contributed by atoms with Crippen molar-refractivity contribution >= 4 is 16.1 Å². The quantitative estimate of drug-likeness (QED) is 0.198. The molecule has 0 saturated carbocycles. The number of aliphatic hydroxyl groups is 2. The molecule has 0 aliphatic carbocycles. The molecular formula is C43H68O13S. The highest BCUT2D eigenvalue weighted by Gasteiger charge is 2.62. The molecular weight excluding hydrogens is 757 g/mol. The minimum atomic E-state index is -4.12. The summed E-state index contributed by atoms with van der Waals surface area (Å²) >= 11 is 0. The molecule has 0 radical (unpaired) electrons. The predicted molar refractivity (Wildman–Crippen MR) is 210 cm³/mol. The van der Waals surface area contributed by atoms with Gasteiger partial charge in [-0.3, -0.25) is 8.98 Å². The number of carboxylic acids is 1. The van der Waals surface area contributed by atoms with Crippen LogP contribution in [0.25, 0.3) is 0 Å². The van der Waals surface area contributed by atoms with Crippen LogP contribution in [0.4, 0.5) is 0 Å². The summed E-state index contributed by atoms with van der Waals surface area (Å²) in [5, 5.41) is 32.9. The Bertz CT molecular complexity index is 1670. The van der Waals surface area contributed by atoms with Crippen molar-refractivity contribution in [2.75, 3.05) is 13.7 Å². The maximum Gasteiger partial charge on any atom is 0.308 e. The van der Waals surface area contributed by atoms with Gasteiger partial charge < -0.3 is 43.7 Å². The zero-order chi connectivity index (χ0) is 41.9. The summed E-state index contributed by atoms with van der Waals surface area (Å²) in [4.78, 5) is 11.9. The number of aryl methyl sites for hydroxylation is 1. The fourth-order valence-electron chi connectivity index (χ4n) is 10.8. The monoisotopic (exact) mass is 824 g/mol. The molecule has 0 unspecified atom stereocenters. The highest BCUT2D eigenvalue weighted by Crippen LogP contribution is 2.55. The highest BCUT2D eigenvalue weighted by atomic mass is 32.2. The van der Waals surface area contributed by atoms with Gasteiger partial charge in [0, 0.05) is 37.7 Å². The molecule has 6 rings (SSSR count). The van der Waals surface area contributed by atoms with E-state index in [1.165, 1.54) is 19.2 Å². The molecule has 5 fully saturated rings. The van der Waals surface area contributed by atoms with E-state index in [0.717, 1.165) is 18.4 Å². The normalized spacial score (nSPS) is 44.3. The Balaban J connectivity index is 1.12. The molecule has 17 atom stereocenters. The minimum absolute atomic E-state index is 0.0211. The van der Waals surface area contributed by atoms with Gasteiger partial charge in [-0.15, -0.1) is 0 Å². The molecule has 1 aromatic rings. The van der Waals surface area contributed by atoms with Crippen LogP contribution in [-0.2, 0) is 47.5 Å². The molecule has 57 heavy (non-hydrogen) atoms. The molecule has 5 aliphatic heterocycles. The first-order chi connectivity index (χ1) is 26.6. The van der Waals surface area contributed by atoms with Crippen molar-refractivity contribution in [3.05, 3.63) is 29.8 Å². The van der Waals surface area contributed by atoms with Crippen LogP contribution in [0.3, 0.4) is 0 Å². The van der Waals surface area contributed by atoms with Crippen LogP contribution in [0.1, 0.15) is 112 Å². The van der Waals surface area contributed by atoms with E-state index < -0.39 is 75.8 Å². The molecule has 1 spiro atoms. The van der Waals surface area contributed by atoms with Gasteiger partial charge in [0.2, 0.25) is 0 Å². The van der Waals surface area contributed by atoms with E-state index in [1.807, 2.05) is 27.7 Å². The Morgan fingerprint density at radius 1 is 1.00 bits per heavy atom. The Kier molecular flexibility index (Phi) is 13.1. The van der Waals surface area contributed by atoms with Crippen LogP contribution in [0.2, 0.25) is 0 Å². The summed E-state index contributed by atoms with van der Waals surface area (Å²) in [7, 11) is -2.61. The second kappa shape index (κ2) is 16.6. The summed E-state index contributed by atoms with van der Waals surface area (Å²) < 4.78 is 71.4. The molecule has 5 aliphatic rings. The predicted octanol–water partition coefficient (Wildman–Crippen LogP) is 5.99. The van der Waals surface area contributed by atoms with Gasteiger partial charge in [0.25, 0.3) is 10.1 Å². The molecule has 5 heterocycles. The van der Waals surface area contributed by atoms with Crippen LogP contribution in [0.15, 0.2) is 29.2 Å². The lowest BCUT2D eigenvalue weighted by Crippen LogP contribution is -2.57. The lowest BCUT2D eigenvalue weighted by molar-refractivity contribution is -0.336. The van der Waals surface area contributed by atoms with Gasteiger partial charge in [-0.2, -0.15) is 8.42 Å². The largest absolute Gasteiger partial charge is 0.481 e.